The van der Waals surface area contributed by atoms with Crippen molar-refractivity contribution in [1.29, 1.82) is 0 Å². The highest BCUT2D eigenvalue weighted by molar-refractivity contribution is 4.49. The Morgan fingerprint density at radius 1 is 1.42 bits per heavy atom. The van der Waals surface area contributed by atoms with E-state index < -0.39 is 16.0 Å². The third kappa shape index (κ3) is 3.32. The molecule has 0 saturated carbocycles. The lowest BCUT2D eigenvalue weighted by Gasteiger charge is -1.97. The van der Waals surface area contributed by atoms with Crippen LogP contribution in [0.25, 0.3) is 10.4 Å². The summed E-state index contributed by atoms with van der Waals surface area (Å²) in [7, 11) is 0. The zero-order chi connectivity index (χ0) is 9.56. The molecule has 0 atom stereocenters. The number of rotatable bonds is 5. The van der Waals surface area contributed by atoms with E-state index in [1.54, 1.807) is 0 Å². The fourth-order valence-electron chi connectivity index (χ4n) is 0.506. The van der Waals surface area contributed by atoms with Gasteiger partial charge in [0.05, 0.1) is 16.3 Å². The van der Waals surface area contributed by atoms with Gasteiger partial charge in [-0.3, -0.25) is 20.2 Å². The fraction of sp³-hybridized carbons (Fsp3) is 1.00. The van der Waals surface area contributed by atoms with Crippen molar-refractivity contribution in [1.82, 2.24) is 0 Å². The van der Waals surface area contributed by atoms with Gasteiger partial charge in [-0.05, 0) is 5.53 Å². The molecule has 0 unspecified atom stereocenters. The number of hydrogen-bond acceptors (Lipinski definition) is 5. The second kappa shape index (κ2) is 4.85. The molecule has 9 heteroatoms. The summed E-state index contributed by atoms with van der Waals surface area (Å²) in [6.45, 7) is -0.247. The van der Waals surface area contributed by atoms with Crippen LogP contribution in [0.3, 0.4) is 0 Å². The molecule has 0 spiro atoms. The lowest BCUT2D eigenvalue weighted by Crippen LogP contribution is -2.29. The fourth-order valence-corrected chi connectivity index (χ4v) is 0.506. The van der Waals surface area contributed by atoms with E-state index in [0.29, 0.717) is 0 Å². The van der Waals surface area contributed by atoms with E-state index in [1.807, 2.05) is 0 Å². The van der Waals surface area contributed by atoms with E-state index in [2.05, 4.69) is 10.0 Å². The van der Waals surface area contributed by atoms with Crippen LogP contribution in [0.1, 0.15) is 6.42 Å². The first-order valence-electron chi connectivity index (χ1n) is 2.87. The van der Waals surface area contributed by atoms with Crippen molar-refractivity contribution >= 4 is 0 Å². The molecule has 0 radical (unpaired) electrons. The summed E-state index contributed by atoms with van der Waals surface area (Å²) >= 11 is 0. The Kier molecular flexibility index (Phi) is 4.09. The van der Waals surface area contributed by atoms with Crippen molar-refractivity contribution in [2.24, 2.45) is 5.11 Å². The monoisotopic (exact) mass is 175 g/mol. The molecule has 0 aromatic heterocycles. The third-order valence-electron chi connectivity index (χ3n) is 1.04. The molecule has 66 valence electrons. The van der Waals surface area contributed by atoms with Crippen LogP contribution in [-0.4, -0.2) is 22.6 Å². The second-order valence-corrected chi connectivity index (χ2v) is 1.79. The Balaban J connectivity index is 4.05. The van der Waals surface area contributed by atoms with Gasteiger partial charge in [0.15, 0.2) is 0 Å². The van der Waals surface area contributed by atoms with Gasteiger partial charge in [-0.1, -0.05) is 5.11 Å². The molecule has 0 saturated heterocycles. The van der Waals surface area contributed by atoms with Crippen LogP contribution >= 0.6 is 0 Å². The highest BCUT2D eigenvalue weighted by Gasteiger charge is 2.30. The summed E-state index contributed by atoms with van der Waals surface area (Å²) in [5.74, 6) is 0. The quantitative estimate of drug-likeness (QED) is 0.150. The molecule has 9 nitrogen and oxygen atoms in total. The van der Waals surface area contributed by atoms with Crippen molar-refractivity contribution < 1.29 is 9.85 Å². The molecule has 0 bridgehead atoms. The van der Waals surface area contributed by atoms with Gasteiger partial charge in [-0.25, -0.2) is 0 Å². The molecule has 0 heterocycles. The molecular formula is C3H5N5O4. The predicted molar refractivity (Wildman–Crippen MR) is 36.4 cm³/mol. The smallest absolute Gasteiger partial charge is 0.259 e. The maximum Gasteiger partial charge on any atom is 0.450 e. The van der Waals surface area contributed by atoms with E-state index in [4.69, 9.17) is 5.53 Å². The van der Waals surface area contributed by atoms with E-state index in [1.165, 1.54) is 0 Å². The Morgan fingerprint density at radius 3 is 2.25 bits per heavy atom. The lowest BCUT2D eigenvalue weighted by atomic mass is 10.4. The van der Waals surface area contributed by atoms with Gasteiger partial charge in [0, 0.05) is 11.5 Å². The first kappa shape index (κ1) is 10.1. The number of nitro groups is 2. The Bertz CT molecular complexity index is 219. The van der Waals surface area contributed by atoms with Crippen molar-refractivity contribution in [2.75, 3.05) is 6.54 Å². The SMILES string of the molecule is [N-]=[N+]=NCCC([N+](=O)[O-])[N+](=O)[O-]. The van der Waals surface area contributed by atoms with E-state index >= 15 is 0 Å². The van der Waals surface area contributed by atoms with Crippen molar-refractivity contribution in [3.05, 3.63) is 30.7 Å². The van der Waals surface area contributed by atoms with Crippen LogP contribution in [0, 0.1) is 20.2 Å². The summed E-state index contributed by atoms with van der Waals surface area (Å²) < 4.78 is 0. The van der Waals surface area contributed by atoms with Gasteiger partial charge < -0.3 is 0 Å². The summed E-state index contributed by atoms with van der Waals surface area (Å²) in [6.07, 6.45) is -2.26. The van der Waals surface area contributed by atoms with Gasteiger partial charge in [0.1, 0.15) is 0 Å². The maximum absolute atomic E-state index is 9.96. The second-order valence-electron chi connectivity index (χ2n) is 1.79. The molecule has 0 amide bonds. The number of nitrogens with zero attached hydrogens (tertiary/aromatic N) is 5. The lowest BCUT2D eigenvalue weighted by molar-refractivity contribution is -0.742. The highest BCUT2D eigenvalue weighted by Crippen LogP contribution is 1.98. The first-order chi connectivity index (χ1) is 5.59. The minimum absolute atomic E-state index is 0.247. The van der Waals surface area contributed by atoms with E-state index in [-0.39, 0.29) is 13.0 Å². The Morgan fingerprint density at radius 2 is 1.92 bits per heavy atom. The third-order valence-corrected chi connectivity index (χ3v) is 1.04. The molecule has 0 aliphatic heterocycles. The van der Waals surface area contributed by atoms with Crippen LogP contribution in [-0.2, 0) is 0 Å². The summed E-state index contributed by atoms with van der Waals surface area (Å²) in [5, 5.41) is 22.9. The van der Waals surface area contributed by atoms with Crippen LogP contribution in [0.4, 0.5) is 0 Å². The van der Waals surface area contributed by atoms with Crippen LogP contribution in [0.5, 0.6) is 0 Å². The molecule has 0 aromatic carbocycles. The normalized spacial score (nSPS) is 9.08. The molecule has 0 fully saturated rings. The molecule has 0 aliphatic rings. The van der Waals surface area contributed by atoms with Gasteiger partial charge >= 0.3 is 6.17 Å². The number of azide groups is 1. The van der Waals surface area contributed by atoms with Gasteiger partial charge in [-0.15, -0.1) is 0 Å². The van der Waals surface area contributed by atoms with Gasteiger partial charge in [0.25, 0.3) is 0 Å². The molecule has 0 rings (SSSR count). The zero-order valence-corrected chi connectivity index (χ0v) is 5.86. The summed E-state index contributed by atoms with van der Waals surface area (Å²) in [4.78, 5) is 20.2. The minimum atomic E-state index is -1.88. The van der Waals surface area contributed by atoms with Crippen molar-refractivity contribution in [3.63, 3.8) is 0 Å². The average molecular weight is 175 g/mol. The van der Waals surface area contributed by atoms with Crippen molar-refractivity contribution in [3.8, 4) is 0 Å². The highest BCUT2D eigenvalue weighted by atomic mass is 16.7. The Hall–Kier alpha value is -1.89. The predicted octanol–water partition coefficient (Wildman–Crippen LogP) is 0.566. The largest absolute Gasteiger partial charge is 0.450 e. The van der Waals surface area contributed by atoms with E-state index in [0.717, 1.165) is 0 Å². The number of hydrogen-bond donors (Lipinski definition) is 0. The minimum Gasteiger partial charge on any atom is -0.259 e. The van der Waals surface area contributed by atoms with Crippen LogP contribution in [0.2, 0.25) is 0 Å². The zero-order valence-electron chi connectivity index (χ0n) is 5.86. The van der Waals surface area contributed by atoms with Crippen LogP contribution < -0.4 is 0 Å². The van der Waals surface area contributed by atoms with Gasteiger partial charge in [-0.2, -0.15) is 0 Å². The molecule has 12 heavy (non-hydrogen) atoms. The molecule has 0 aromatic rings. The van der Waals surface area contributed by atoms with Gasteiger partial charge in [0.2, 0.25) is 0 Å². The van der Waals surface area contributed by atoms with Crippen molar-refractivity contribution in [2.45, 2.75) is 12.6 Å². The maximum atomic E-state index is 9.96. The molecule has 0 N–H and O–H groups in total. The Labute approximate surface area is 65.9 Å². The topological polar surface area (TPSA) is 135 Å². The van der Waals surface area contributed by atoms with Crippen LogP contribution in [0.15, 0.2) is 5.11 Å². The molecule has 0 aliphatic carbocycles. The average Bonchev–Trinajstić information content (AvgIpc) is 1.96. The van der Waals surface area contributed by atoms with E-state index in [9.17, 15) is 20.2 Å². The summed E-state index contributed by atoms with van der Waals surface area (Å²) in [6, 6.07) is 0. The summed E-state index contributed by atoms with van der Waals surface area (Å²) in [5.41, 5.74) is 7.77. The molecular weight excluding hydrogens is 170 g/mol. The first-order valence-corrected chi connectivity index (χ1v) is 2.87. The standard InChI is InChI=1S/C3H5N5O4/c4-6-5-2-1-3(7(9)10)8(11)12/h3H,1-2H2.